The normalized spacial score (nSPS) is 12.8. The zero-order chi connectivity index (χ0) is 12.3. The molecule has 5 heteroatoms. The van der Waals surface area contributed by atoms with Crippen molar-refractivity contribution in [1.82, 2.24) is 9.97 Å². The van der Waals surface area contributed by atoms with Gasteiger partial charge in [0.15, 0.2) is 0 Å². The molecule has 92 valence electrons. The average Bonchev–Trinajstić information content (AvgIpc) is 2.67. The lowest BCUT2D eigenvalue weighted by atomic mass is 10.3. The molecule has 2 rings (SSSR count). The Kier molecular flexibility index (Phi) is 3.49. The van der Waals surface area contributed by atoms with Crippen LogP contribution in [0.5, 0.6) is 0 Å². The van der Waals surface area contributed by atoms with E-state index in [-0.39, 0.29) is 6.04 Å². The van der Waals surface area contributed by atoms with Gasteiger partial charge in [0.25, 0.3) is 0 Å². The lowest BCUT2D eigenvalue weighted by Crippen LogP contribution is -2.22. The molecular weight excluding hydrogens is 216 g/mol. The number of anilines is 2. The van der Waals surface area contributed by atoms with Crippen molar-refractivity contribution in [1.29, 1.82) is 0 Å². The zero-order valence-electron chi connectivity index (χ0n) is 10.2. The summed E-state index contributed by atoms with van der Waals surface area (Å²) in [7, 11) is 0. The molecule has 0 amide bonds. The molecule has 0 aliphatic carbocycles. The molecule has 5 nitrogen and oxygen atoms in total. The second-order valence-electron chi connectivity index (χ2n) is 4.07. The highest BCUT2D eigenvalue weighted by Crippen LogP contribution is 2.17. The maximum atomic E-state index is 5.71. The van der Waals surface area contributed by atoms with Gasteiger partial charge in [-0.05, 0) is 32.0 Å². The van der Waals surface area contributed by atoms with E-state index in [0.717, 1.165) is 29.3 Å². The zero-order valence-corrected chi connectivity index (χ0v) is 10.2. The molecule has 0 bridgehead atoms. The highest BCUT2D eigenvalue weighted by molar-refractivity contribution is 5.80. The van der Waals surface area contributed by atoms with E-state index < -0.39 is 0 Å². The van der Waals surface area contributed by atoms with Crippen LogP contribution in [0.15, 0.2) is 18.2 Å². The van der Waals surface area contributed by atoms with Crippen LogP contribution in [-0.2, 0) is 4.74 Å². The van der Waals surface area contributed by atoms with Crippen molar-refractivity contribution in [3.05, 3.63) is 18.2 Å². The standard InChI is InChI=1S/C12H18N4O/c1-3-17-7-8(2)14-12-15-10-5-4-9(13)6-11(10)16-12/h4-6,8H,3,7,13H2,1-2H3,(H2,14,15,16). The summed E-state index contributed by atoms with van der Waals surface area (Å²) in [5, 5.41) is 3.25. The first-order chi connectivity index (χ1) is 8.19. The number of aromatic amines is 1. The minimum Gasteiger partial charge on any atom is -0.399 e. The van der Waals surface area contributed by atoms with Crippen LogP contribution in [0.3, 0.4) is 0 Å². The number of nitrogens with one attached hydrogen (secondary N) is 2. The number of hydrogen-bond acceptors (Lipinski definition) is 4. The lowest BCUT2D eigenvalue weighted by molar-refractivity contribution is 0.141. The van der Waals surface area contributed by atoms with Gasteiger partial charge in [-0.25, -0.2) is 4.98 Å². The molecular formula is C12H18N4O. The number of ether oxygens (including phenoxy) is 1. The molecule has 0 spiro atoms. The maximum Gasteiger partial charge on any atom is 0.201 e. The van der Waals surface area contributed by atoms with Gasteiger partial charge in [-0.15, -0.1) is 0 Å². The minimum atomic E-state index is 0.216. The van der Waals surface area contributed by atoms with Gasteiger partial charge in [-0.2, -0.15) is 0 Å². The third-order valence-corrected chi connectivity index (χ3v) is 2.46. The summed E-state index contributed by atoms with van der Waals surface area (Å²) < 4.78 is 5.34. The Hall–Kier alpha value is -1.75. The summed E-state index contributed by atoms with van der Waals surface area (Å²) >= 11 is 0. The number of benzene rings is 1. The smallest absolute Gasteiger partial charge is 0.201 e. The molecule has 1 heterocycles. The Bertz CT molecular complexity index is 494. The van der Waals surface area contributed by atoms with Crippen molar-refractivity contribution in [3.8, 4) is 0 Å². The van der Waals surface area contributed by atoms with Crippen molar-refractivity contribution in [3.63, 3.8) is 0 Å². The number of hydrogen-bond donors (Lipinski definition) is 3. The fourth-order valence-electron chi connectivity index (χ4n) is 1.67. The number of imidazole rings is 1. The van der Waals surface area contributed by atoms with Crippen molar-refractivity contribution in [2.45, 2.75) is 19.9 Å². The number of rotatable bonds is 5. The number of nitrogens with two attached hydrogens (primary N) is 1. The number of fused-ring (bicyclic) bond motifs is 1. The average molecular weight is 234 g/mol. The van der Waals surface area contributed by atoms with Crippen molar-refractivity contribution >= 4 is 22.7 Å². The van der Waals surface area contributed by atoms with Crippen LogP contribution in [-0.4, -0.2) is 29.2 Å². The van der Waals surface area contributed by atoms with E-state index in [1.54, 1.807) is 0 Å². The first-order valence-electron chi connectivity index (χ1n) is 5.78. The van der Waals surface area contributed by atoms with Gasteiger partial charge < -0.3 is 20.8 Å². The number of H-pyrrole nitrogens is 1. The Balaban J connectivity index is 2.08. The quantitative estimate of drug-likeness (QED) is 0.691. The lowest BCUT2D eigenvalue weighted by Gasteiger charge is -2.12. The second kappa shape index (κ2) is 5.05. The van der Waals surface area contributed by atoms with E-state index in [9.17, 15) is 0 Å². The topological polar surface area (TPSA) is 76.0 Å². The molecule has 1 unspecified atom stereocenters. The fourth-order valence-corrected chi connectivity index (χ4v) is 1.67. The Labute approximate surface area is 100 Å². The van der Waals surface area contributed by atoms with Crippen LogP contribution in [0.4, 0.5) is 11.6 Å². The molecule has 1 aromatic heterocycles. The van der Waals surface area contributed by atoms with Gasteiger partial charge in [-0.1, -0.05) is 0 Å². The van der Waals surface area contributed by atoms with Crippen LogP contribution in [0.1, 0.15) is 13.8 Å². The van der Waals surface area contributed by atoms with Crippen molar-refractivity contribution < 1.29 is 4.74 Å². The summed E-state index contributed by atoms with van der Waals surface area (Å²) in [6.45, 7) is 5.42. The highest BCUT2D eigenvalue weighted by Gasteiger charge is 2.06. The first-order valence-corrected chi connectivity index (χ1v) is 5.78. The largest absolute Gasteiger partial charge is 0.399 e. The number of aromatic nitrogens is 2. The summed E-state index contributed by atoms with van der Waals surface area (Å²) in [5.74, 6) is 0.748. The Morgan fingerprint density at radius 2 is 2.35 bits per heavy atom. The Morgan fingerprint density at radius 3 is 3.12 bits per heavy atom. The monoisotopic (exact) mass is 234 g/mol. The number of nitrogens with zero attached hydrogens (tertiary/aromatic N) is 1. The van der Waals surface area contributed by atoms with Crippen LogP contribution in [0.25, 0.3) is 11.0 Å². The molecule has 1 aromatic carbocycles. The molecule has 2 aromatic rings. The van der Waals surface area contributed by atoms with E-state index in [4.69, 9.17) is 10.5 Å². The van der Waals surface area contributed by atoms with Crippen LogP contribution in [0.2, 0.25) is 0 Å². The summed E-state index contributed by atoms with van der Waals surface area (Å²) in [4.78, 5) is 7.61. The van der Waals surface area contributed by atoms with Crippen molar-refractivity contribution in [2.75, 3.05) is 24.3 Å². The third kappa shape index (κ3) is 2.88. The van der Waals surface area contributed by atoms with E-state index in [2.05, 4.69) is 22.2 Å². The predicted octanol–water partition coefficient (Wildman–Crippen LogP) is 1.98. The van der Waals surface area contributed by atoms with Gasteiger partial charge in [0.05, 0.1) is 17.6 Å². The van der Waals surface area contributed by atoms with Crippen LogP contribution < -0.4 is 11.1 Å². The van der Waals surface area contributed by atoms with Crippen LogP contribution in [0, 0.1) is 0 Å². The second-order valence-corrected chi connectivity index (χ2v) is 4.07. The molecule has 0 fully saturated rings. The van der Waals surface area contributed by atoms with E-state index in [1.165, 1.54) is 0 Å². The third-order valence-electron chi connectivity index (χ3n) is 2.46. The van der Waals surface area contributed by atoms with Crippen molar-refractivity contribution in [2.24, 2.45) is 0 Å². The predicted molar refractivity (Wildman–Crippen MR) is 70.1 cm³/mol. The van der Waals surface area contributed by atoms with E-state index in [0.29, 0.717) is 6.61 Å². The van der Waals surface area contributed by atoms with Gasteiger partial charge in [-0.3, -0.25) is 0 Å². The minimum absolute atomic E-state index is 0.216. The maximum absolute atomic E-state index is 5.71. The van der Waals surface area contributed by atoms with Gasteiger partial charge in [0.2, 0.25) is 5.95 Å². The molecule has 17 heavy (non-hydrogen) atoms. The summed E-state index contributed by atoms with van der Waals surface area (Å²) in [6, 6.07) is 5.84. The molecule has 0 saturated carbocycles. The Morgan fingerprint density at radius 1 is 1.53 bits per heavy atom. The SMILES string of the molecule is CCOCC(C)Nc1nc2ccc(N)cc2[nH]1. The molecule has 0 saturated heterocycles. The number of nitrogen functional groups attached to an aromatic ring is 1. The first kappa shape index (κ1) is 11.7. The van der Waals surface area contributed by atoms with Gasteiger partial charge in [0.1, 0.15) is 0 Å². The van der Waals surface area contributed by atoms with E-state index >= 15 is 0 Å². The molecule has 4 N–H and O–H groups in total. The summed E-state index contributed by atoms with van der Waals surface area (Å²) in [5.41, 5.74) is 8.29. The molecule has 1 atom stereocenters. The van der Waals surface area contributed by atoms with E-state index in [1.807, 2.05) is 25.1 Å². The molecule has 0 radical (unpaired) electrons. The summed E-state index contributed by atoms with van der Waals surface area (Å²) in [6.07, 6.45) is 0. The van der Waals surface area contributed by atoms with Gasteiger partial charge in [0, 0.05) is 18.3 Å². The van der Waals surface area contributed by atoms with Gasteiger partial charge >= 0.3 is 0 Å². The van der Waals surface area contributed by atoms with Crippen LogP contribution >= 0.6 is 0 Å². The molecule has 0 aliphatic rings. The highest BCUT2D eigenvalue weighted by atomic mass is 16.5. The fraction of sp³-hybridized carbons (Fsp3) is 0.417. The molecule has 0 aliphatic heterocycles.